The minimum absolute atomic E-state index is 0.152. The Morgan fingerprint density at radius 2 is 2.13 bits per heavy atom. The quantitative estimate of drug-likeness (QED) is 0.833. The third kappa shape index (κ3) is 2.47. The summed E-state index contributed by atoms with van der Waals surface area (Å²) in [5.41, 5.74) is 0.152. The molecule has 1 N–H and O–H groups in total. The van der Waals surface area contributed by atoms with Crippen LogP contribution in [0.15, 0.2) is 12.4 Å². The molecule has 0 bridgehead atoms. The highest BCUT2D eigenvalue weighted by Crippen LogP contribution is 2.36. The summed E-state index contributed by atoms with van der Waals surface area (Å²) in [6.45, 7) is 0. The van der Waals surface area contributed by atoms with E-state index in [4.69, 9.17) is 5.11 Å². The van der Waals surface area contributed by atoms with E-state index < -0.39 is 5.97 Å². The van der Waals surface area contributed by atoms with Gasteiger partial charge in [-0.25, -0.2) is 14.8 Å². The first-order valence-electron chi connectivity index (χ1n) is 4.94. The molecule has 1 fully saturated rings. The van der Waals surface area contributed by atoms with Crippen LogP contribution in [0.4, 0.5) is 0 Å². The number of hydrogen-bond donors (Lipinski definition) is 1. The van der Waals surface area contributed by atoms with Crippen LogP contribution < -0.4 is 0 Å². The number of aromatic nitrogens is 2. The van der Waals surface area contributed by atoms with Crippen LogP contribution in [0, 0.1) is 0 Å². The van der Waals surface area contributed by atoms with Crippen molar-refractivity contribution in [2.24, 2.45) is 0 Å². The van der Waals surface area contributed by atoms with Gasteiger partial charge >= 0.3 is 5.97 Å². The van der Waals surface area contributed by atoms with Crippen LogP contribution in [0.25, 0.3) is 0 Å². The summed E-state index contributed by atoms with van der Waals surface area (Å²) in [5.74, 6) is 0.942. The molecule has 0 amide bonds. The summed E-state index contributed by atoms with van der Waals surface area (Å²) in [6, 6.07) is 0. The van der Waals surface area contributed by atoms with Crippen molar-refractivity contribution in [1.82, 2.24) is 9.97 Å². The first-order valence-corrected chi connectivity index (χ1v) is 5.99. The SMILES string of the molecule is O=C(O)c1cnc(C2CCCCS2)nc1. The molecular weight excluding hydrogens is 212 g/mol. The Labute approximate surface area is 92.1 Å². The van der Waals surface area contributed by atoms with Crippen molar-refractivity contribution >= 4 is 17.7 Å². The van der Waals surface area contributed by atoms with Crippen molar-refractivity contribution in [3.8, 4) is 0 Å². The van der Waals surface area contributed by atoms with Crippen molar-refractivity contribution < 1.29 is 9.90 Å². The first-order chi connectivity index (χ1) is 7.27. The second-order valence-corrected chi connectivity index (χ2v) is 4.80. The summed E-state index contributed by atoms with van der Waals surface area (Å²) in [6.07, 6.45) is 6.34. The highest BCUT2D eigenvalue weighted by atomic mass is 32.2. The first kappa shape index (κ1) is 10.4. The fourth-order valence-corrected chi connectivity index (χ4v) is 2.82. The average Bonchev–Trinajstić information content (AvgIpc) is 2.30. The molecule has 5 heteroatoms. The van der Waals surface area contributed by atoms with Gasteiger partial charge in [0.1, 0.15) is 5.82 Å². The van der Waals surface area contributed by atoms with E-state index in [1.165, 1.54) is 25.2 Å². The second-order valence-electron chi connectivity index (χ2n) is 3.49. The van der Waals surface area contributed by atoms with Gasteiger partial charge < -0.3 is 5.11 Å². The van der Waals surface area contributed by atoms with Crippen molar-refractivity contribution in [3.63, 3.8) is 0 Å². The van der Waals surface area contributed by atoms with E-state index in [-0.39, 0.29) is 5.56 Å². The molecule has 0 spiro atoms. The zero-order chi connectivity index (χ0) is 10.7. The predicted octanol–water partition coefficient (Wildman–Crippen LogP) is 2.13. The Kier molecular flexibility index (Phi) is 3.20. The molecule has 4 nitrogen and oxygen atoms in total. The van der Waals surface area contributed by atoms with Crippen LogP contribution >= 0.6 is 11.8 Å². The van der Waals surface area contributed by atoms with Gasteiger partial charge in [0.15, 0.2) is 0 Å². The Morgan fingerprint density at radius 3 is 2.67 bits per heavy atom. The molecule has 15 heavy (non-hydrogen) atoms. The topological polar surface area (TPSA) is 63.1 Å². The highest BCUT2D eigenvalue weighted by Gasteiger charge is 2.18. The number of hydrogen-bond acceptors (Lipinski definition) is 4. The van der Waals surface area contributed by atoms with Gasteiger partial charge in [0.25, 0.3) is 0 Å². The van der Waals surface area contributed by atoms with Gasteiger partial charge in [0.05, 0.1) is 10.8 Å². The molecular formula is C10H12N2O2S. The number of carbonyl (C=O) groups is 1. The Balaban J connectivity index is 2.11. The molecule has 0 radical (unpaired) electrons. The Morgan fingerprint density at radius 1 is 1.40 bits per heavy atom. The lowest BCUT2D eigenvalue weighted by Crippen LogP contribution is -2.08. The summed E-state index contributed by atoms with van der Waals surface area (Å²) in [4.78, 5) is 18.8. The fourth-order valence-electron chi connectivity index (χ4n) is 1.56. The van der Waals surface area contributed by atoms with E-state index in [0.717, 1.165) is 18.0 Å². The minimum atomic E-state index is -0.974. The summed E-state index contributed by atoms with van der Waals surface area (Å²) in [7, 11) is 0. The van der Waals surface area contributed by atoms with Crippen LogP contribution in [0.2, 0.25) is 0 Å². The lowest BCUT2D eigenvalue weighted by atomic mass is 10.2. The second kappa shape index (κ2) is 4.61. The van der Waals surface area contributed by atoms with Crippen LogP contribution in [0.5, 0.6) is 0 Å². The number of rotatable bonds is 2. The Bertz CT molecular complexity index is 347. The van der Waals surface area contributed by atoms with E-state index in [0.29, 0.717) is 5.25 Å². The molecule has 2 rings (SSSR count). The van der Waals surface area contributed by atoms with Gasteiger partial charge in [0, 0.05) is 12.4 Å². The lowest BCUT2D eigenvalue weighted by Gasteiger charge is -2.19. The van der Waals surface area contributed by atoms with Gasteiger partial charge in [0.2, 0.25) is 0 Å². The molecule has 1 aliphatic heterocycles. The van der Waals surface area contributed by atoms with Crippen molar-refractivity contribution in [1.29, 1.82) is 0 Å². The van der Waals surface area contributed by atoms with E-state index in [1.807, 2.05) is 11.8 Å². The molecule has 1 aromatic rings. The van der Waals surface area contributed by atoms with Gasteiger partial charge in [-0.05, 0) is 18.6 Å². The standard InChI is InChI=1S/C10H12N2O2S/c13-10(14)7-5-11-9(12-6-7)8-3-1-2-4-15-8/h5-6,8H,1-4H2,(H,13,14). The summed E-state index contributed by atoms with van der Waals surface area (Å²) >= 11 is 1.86. The highest BCUT2D eigenvalue weighted by molar-refractivity contribution is 7.99. The van der Waals surface area contributed by atoms with Crippen molar-refractivity contribution in [2.75, 3.05) is 5.75 Å². The van der Waals surface area contributed by atoms with Crippen LogP contribution in [-0.4, -0.2) is 26.8 Å². The average molecular weight is 224 g/mol. The van der Waals surface area contributed by atoms with Gasteiger partial charge in [-0.15, -0.1) is 0 Å². The number of nitrogens with zero attached hydrogens (tertiary/aromatic N) is 2. The maximum absolute atomic E-state index is 10.6. The molecule has 0 aromatic carbocycles. The third-order valence-electron chi connectivity index (χ3n) is 2.39. The number of carboxylic acids is 1. The van der Waals surface area contributed by atoms with Crippen LogP contribution in [-0.2, 0) is 0 Å². The molecule has 0 aliphatic carbocycles. The zero-order valence-corrected chi connectivity index (χ0v) is 9.04. The normalized spacial score (nSPS) is 21.2. The minimum Gasteiger partial charge on any atom is -0.478 e. The Hall–Kier alpha value is -1.10. The maximum atomic E-state index is 10.6. The number of thioether (sulfide) groups is 1. The smallest absolute Gasteiger partial charge is 0.338 e. The molecule has 1 aliphatic rings. The van der Waals surface area contributed by atoms with Gasteiger partial charge in [-0.2, -0.15) is 11.8 Å². The van der Waals surface area contributed by atoms with Crippen molar-refractivity contribution in [2.45, 2.75) is 24.5 Å². The molecule has 1 atom stereocenters. The summed E-state index contributed by atoms with van der Waals surface area (Å²) < 4.78 is 0. The van der Waals surface area contributed by atoms with Gasteiger partial charge in [-0.3, -0.25) is 0 Å². The number of carboxylic acid groups (broad SMARTS) is 1. The number of aromatic carboxylic acids is 1. The largest absolute Gasteiger partial charge is 0.478 e. The summed E-state index contributed by atoms with van der Waals surface area (Å²) in [5, 5.41) is 9.05. The predicted molar refractivity (Wildman–Crippen MR) is 58.0 cm³/mol. The van der Waals surface area contributed by atoms with E-state index in [2.05, 4.69) is 9.97 Å². The van der Waals surface area contributed by atoms with Crippen LogP contribution in [0.1, 0.15) is 40.7 Å². The maximum Gasteiger partial charge on any atom is 0.338 e. The lowest BCUT2D eigenvalue weighted by molar-refractivity contribution is 0.0696. The molecule has 1 saturated heterocycles. The van der Waals surface area contributed by atoms with Crippen LogP contribution in [0.3, 0.4) is 0 Å². The molecule has 1 aromatic heterocycles. The van der Waals surface area contributed by atoms with E-state index in [1.54, 1.807) is 0 Å². The van der Waals surface area contributed by atoms with Gasteiger partial charge in [-0.1, -0.05) is 6.42 Å². The van der Waals surface area contributed by atoms with E-state index >= 15 is 0 Å². The molecule has 0 saturated carbocycles. The monoisotopic (exact) mass is 224 g/mol. The molecule has 1 unspecified atom stereocenters. The zero-order valence-electron chi connectivity index (χ0n) is 8.22. The van der Waals surface area contributed by atoms with Crippen molar-refractivity contribution in [3.05, 3.63) is 23.8 Å². The molecule has 2 heterocycles. The fraction of sp³-hybridized carbons (Fsp3) is 0.500. The van der Waals surface area contributed by atoms with E-state index in [9.17, 15) is 4.79 Å². The molecule has 80 valence electrons. The third-order valence-corrected chi connectivity index (χ3v) is 3.76.